The molecule has 0 saturated heterocycles. The van der Waals surface area contributed by atoms with E-state index < -0.39 is 0 Å². The zero-order valence-electron chi connectivity index (χ0n) is 15.7. The first kappa shape index (κ1) is 18.3. The molecule has 0 aliphatic heterocycles. The van der Waals surface area contributed by atoms with Crippen molar-refractivity contribution in [3.05, 3.63) is 83.0 Å². The maximum atomic E-state index is 10.7. The monoisotopic (exact) mass is 348 g/mol. The first-order valence-corrected chi connectivity index (χ1v) is 9.37. The van der Waals surface area contributed by atoms with E-state index in [-0.39, 0.29) is 17.4 Å². The van der Waals surface area contributed by atoms with Crippen LogP contribution in [-0.4, -0.2) is 10.2 Å². The highest BCUT2D eigenvalue weighted by molar-refractivity contribution is 5.50. The Bertz CT molecular complexity index is 818. The van der Waals surface area contributed by atoms with Gasteiger partial charge in [0.2, 0.25) is 0 Å². The molecule has 2 atom stereocenters. The van der Waals surface area contributed by atoms with Gasteiger partial charge in [-0.05, 0) is 62.6 Å². The topological polar surface area (TPSA) is 40.5 Å². The van der Waals surface area contributed by atoms with Gasteiger partial charge in [-0.1, -0.05) is 54.1 Å². The molecule has 0 saturated carbocycles. The van der Waals surface area contributed by atoms with Crippen molar-refractivity contribution in [2.24, 2.45) is 5.92 Å². The molecule has 0 radical (unpaired) electrons. The SMILES string of the molecule is C=C(C)[C@@H]1CCC(C)=C[C@@H]1c1c(O)cc(O)cc1CCc1ccccc1. The van der Waals surface area contributed by atoms with Gasteiger partial charge < -0.3 is 10.2 Å². The lowest BCUT2D eigenvalue weighted by molar-refractivity contribution is 0.423. The van der Waals surface area contributed by atoms with E-state index >= 15 is 0 Å². The number of hydrogen-bond donors (Lipinski definition) is 2. The molecule has 0 aromatic heterocycles. The minimum Gasteiger partial charge on any atom is -0.508 e. The Balaban J connectivity index is 1.99. The molecular formula is C24H28O2. The molecule has 1 aliphatic rings. The van der Waals surface area contributed by atoms with Crippen LogP contribution in [0.4, 0.5) is 0 Å². The van der Waals surface area contributed by atoms with Gasteiger partial charge in [0, 0.05) is 17.5 Å². The quantitative estimate of drug-likeness (QED) is 0.661. The third-order valence-electron chi connectivity index (χ3n) is 5.47. The molecule has 0 amide bonds. The number of phenols is 2. The molecule has 0 bridgehead atoms. The fourth-order valence-corrected chi connectivity index (χ4v) is 4.10. The molecule has 3 rings (SSSR count). The Morgan fingerprint density at radius 1 is 1.12 bits per heavy atom. The van der Waals surface area contributed by atoms with Crippen LogP contribution in [0.3, 0.4) is 0 Å². The van der Waals surface area contributed by atoms with Crippen LogP contribution in [0.15, 0.2) is 66.3 Å². The average Bonchev–Trinajstić information content (AvgIpc) is 2.60. The summed E-state index contributed by atoms with van der Waals surface area (Å²) in [4.78, 5) is 0. The van der Waals surface area contributed by atoms with E-state index in [1.807, 2.05) is 24.3 Å². The summed E-state index contributed by atoms with van der Waals surface area (Å²) < 4.78 is 0. The summed E-state index contributed by atoms with van der Waals surface area (Å²) in [5, 5.41) is 20.7. The summed E-state index contributed by atoms with van der Waals surface area (Å²) in [5.74, 6) is 0.755. The number of aryl methyl sites for hydroxylation is 2. The van der Waals surface area contributed by atoms with Crippen LogP contribution < -0.4 is 0 Å². The summed E-state index contributed by atoms with van der Waals surface area (Å²) in [6, 6.07) is 13.6. The number of phenolic OH excluding ortho intramolecular Hbond substituents is 2. The highest BCUT2D eigenvalue weighted by Gasteiger charge is 2.29. The highest BCUT2D eigenvalue weighted by Crippen LogP contribution is 2.45. The molecule has 2 N–H and O–H groups in total. The molecule has 2 heteroatoms. The van der Waals surface area contributed by atoms with Crippen LogP contribution in [0.25, 0.3) is 0 Å². The second-order valence-electron chi connectivity index (χ2n) is 7.55. The third kappa shape index (κ3) is 4.01. The number of benzene rings is 2. The number of aromatic hydroxyl groups is 2. The first-order chi connectivity index (χ1) is 12.5. The molecular weight excluding hydrogens is 320 g/mol. The molecule has 0 spiro atoms. The molecule has 2 aromatic carbocycles. The van der Waals surface area contributed by atoms with Crippen molar-refractivity contribution in [1.82, 2.24) is 0 Å². The minimum absolute atomic E-state index is 0.118. The van der Waals surface area contributed by atoms with Crippen LogP contribution in [0, 0.1) is 5.92 Å². The van der Waals surface area contributed by atoms with Crippen LogP contribution in [0.5, 0.6) is 11.5 Å². The van der Waals surface area contributed by atoms with Crippen molar-refractivity contribution in [1.29, 1.82) is 0 Å². The van der Waals surface area contributed by atoms with Crippen molar-refractivity contribution >= 4 is 0 Å². The smallest absolute Gasteiger partial charge is 0.123 e. The van der Waals surface area contributed by atoms with Crippen molar-refractivity contribution in [2.45, 2.75) is 45.4 Å². The number of rotatable bonds is 5. The summed E-state index contributed by atoms with van der Waals surface area (Å²) in [6.07, 6.45) is 6.07. The molecule has 2 aromatic rings. The van der Waals surface area contributed by atoms with E-state index in [4.69, 9.17) is 0 Å². The van der Waals surface area contributed by atoms with E-state index in [1.165, 1.54) is 17.2 Å². The lowest BCUT2D eigenvalue weighted by Crippen LogP contribution is -2.18. The molecule has 0 unspecified atom stereocenters. The Morgan fingerprint density at radius 2 is 1.85 bits per heavy atom. The van der Waals surface area contributed by atoms with Crippen molar-refractivity contribution in [3.8, 4) is 11.5 Å². The standard InChI is InChI=1S/C24H28O2/c1-16(2)21-12-9-17(3)13-22(21)24-19(14-20(25)15-23(24)26)11-10-18-7-5-4-6-8-18/h4-8,13-15,21-22,25-26H,1,9-12H2,2-3H3/t21-,22-/m0/s1. The van der Waals surface area contributed by atoms with Gasteiger partial charge in [0.1, 0.15) is 11.5 Å². The Hall–Kier alpha value is -2.48. The van der Waals surface area contributed by atoms with Crippen molar-refractivity contribution in [3.63, 3.8) is 0 Å². The van der Waals surface area contributed by atoms with Gasteiger partial charge in [0.15, 0.2) is 0 Å². The van der Waals surface area contributed by atoms with Gasteiger partial charge in [-0.25, -0.2) is 0 Å². The lowest BCUT2D eigenvalue weighted by Gasteiger charge is -2.32. The molecule has 0 fully saturated rings. The van der Waals surface area contributed by atoms with Gasteiger partial charge in [-0.2, -0.15) is 0 Å². The molecule has 2 nitrogen and oxygen atoms in total. The van der Waals surface area contributed by atoms with E-state index in [0.29, 0.717) is 5.92 Å². The normalized spacial score (nSPS) is 19.8. The van der Waals surface area contributed by atoms with E-state index in [1.54, 1.807) is 0 Å². The zero-order chi connectivity index (χ0) is 18.7. The van der Waals surface area contributed by atoms with Gasteiger partial charge in [-0.3, -0.25) is 0 Å². The summed E-state index contributed by atoms with van der Waals surface area (Å²) in [7, 11) is 0. The maximum Gasteiger partial charge on any atom is 0.123 e. The number of allylic oxidation sites excluding steroid dienone is 3. The average molecular weight is 348 g/mol. The van der Waals surface area contributed by atoms with Crippen LogP contribution in [-0.2, 0) is 12.8 Å². The van der Waals surface area contributed by atoms with E-state index in [0.717, 1.165) is 42.4 Å². The highest BCUT2D eigenvalue weighted by atomic mass is 16.3. The molecule has 0 heterocycles. The van der Waals surface area contributed by atoms with Crippen molar-refractivity contribution in [2.75, 3.05) is 0 Å². The summed E-state index contributed by atoms with van der Waals surface area (Å²) in [5.41, 5.74) is 5.74. The van der Waals surface area contributed by atoms with Crippen LogP contribution in [0.2, 0.25) is 0 Å². The van der Waals surface area contributed by atoms with E-state index in [9.17, 15) is 10.2 Å². The molecule has 1 aliphatic carbocycles. The summed E-state index contributed by atoms with van der Waals surface area (Å²) in [6.45, 7) is 8.42. The van der Waals surface area contributed by atoms with E-state index in [2.05, 4.69) is 38.6 Å². The van der Waals surface area contributed by atoms with Crippen molar-refractivity contribution < 1.29 is 10.2 Å². The second kappa shape index (κ2) is 7.82. The third-order valence-corrected chi connectivity index (χ3v) is 5.47. The van der Waals surface area contributed by atoms with Gasteiger partial charge in [-0.15, -0.1) is 0 Å². The predicted molar refractivity (Wildman–Crippen MR) is 108 cm³/mol. The zero-order valence-corrected chi connectivity index (χ0v) is 15.7. The fourth-order valence-electron chi connectivity index (χ4n) is 4.10. The molecule has 26 heavy (non-hydrogen) atoms. The predicted octanol–water partition coefficient (Wildman–Crippen LogP) is 5.90. The summed E-state index contributed by atoms with van der Waals surface area (Å²) >= 11 is 0. The minimum atomic E-state index is 0.118. The maximum absolute atomic E-state index is 10.7. The first-order valence-electron chi connectivity index (χ1n) is 9.37. The van der Waals surface area contributed by atoms with Gasteiger partial charge in [0.25, 0.3) is 0 Å². The van der Waals surface area contributed by atoms with Crippen LogP contribution in [0.1, 0.15) is 49.3 Å². The fraction of sp³-hybridized carbons (Fsp3) is 0.333. The van der Waals surface area contributed by atoms with Gasteiger partial charge >= 0.3 is 0 Å². The van der Waals surface area contributed by atoms with Crippen LogP contribution >= 0.6 is 0 Å². The number of hydrogen-bond acceptors (Lipinski definition) is 2. The Morgan fingerprint density at radius 3 is 2.54 bits per heavy atom. The Kier molecular flexibility index (Phi) is 5.51. The molecule has 136 valence electrons. The second-order valence-corrected chi connectivity index (χ2v) is 7.55. The van der Waals surface area contributed by atoms with Gasteiger partial charge in [0.05, 0.1) is 0 Å². The lowest BCUT2D eigenvalue weighted by atomic mass is 9.72. The Labute approximate surface area is 156 Å². The largest absolute Gasteiger partial charge is 0.508 e.